The van der Waals surface area contributed by atoms with E-state index in [1.54, 1.807) is 12.1 Å². The first-order chi connectivity index (χ1) is 10.2. The molecule has 0 radical (unpaired) electrons. The van der Waals surface area contributed by atoms with Crippen molar-refractivity contribution in [2.24, 2.45) is 0 Å². The first kappa shape index (κ1) is 15.2. The zero-order chi connectivity index (χ0) is 15.1. The van der Waals surface area contributed by atoms with Crippen molar-refractivity contribution in [2.75, 3.05) is 13.2 Å². The SMILES string of the molecule is Cc1cc(Cl)ccc1OCCCOc1ccccc1C#N. The van der Waals surface area contributed by atoms with E-state index in [1.807, 2.05) is 37.3 Å². The van der Waals surface area contributed by atoms with Crippen molar-refractivity contribution in [1.29, 1.82) is 5.26 Å². The standard InChI is InChI=1S/C17H16ClNO2/c1-13-11-15(18)7-8-16(13)20-9-4-10-21-17-6-3-2-5-14(17)12-19/h2-3,5-8,11H,4,9-10H2,1H3. The van der Waals surface area contributed by atoms with E-state index in [1.165, 1.54) is 0 Å². The van der Waals surface area contributed by atoms with Gasteiger partial charge in [0, 0.05) is 11.4 Å². The third-order valence-electron chi connectivity index (χ3n) is 2.95. The molecule has 0 amide bonds. The predicted octanol–water partition coefficient (Wildman–Crippen LogP) is 4.37. The molecule has 0 aliphatic rings. The highest BCUT2D eigenvalue weighted by atomic mass is 35.5. The lowest BCUT2D eigenvalue weighted by Gasteiger charge is -2.10. The molecule has 0 spiro atoms. The van der Waals surface area contributed by atoms with Crippen LogP contribution in [0.1, 0.15) is 17.5 Å². The molecule has 108 valence electrons. The molecule has 3 nitrogen and oxygen atoms in total. The number of ether oxygens (including phenoxy) is 2. The molecule has 0 aliphatic carbocycles. The molecule has 0 atom stereocenters. The fraction of sp³-hybridized carbons (Fsp3) is 0.235. The second kappa shape index (κ2) is 7.56. The number of nitrogens with zero attached hydrogens (tertiary/aromatic N) is 1. The summed E-state index contributed by atoms with van der Waals surface area (Å²) < 4.78 is 11.3. The van der Waals surface area contributed by atoms with Crippen LogP contribution in [0, 0.1) is 18.3 Å². The van der Waals surface area contributed by atoms with Crippen molar-refractivity contribution in [3.05, 3.63) is 58.6 Å². The maximum atomic E-state index is 8.96. The molecule has 0 fully saturated rings. The number of hydrogen-bond donors (Lipinski definition) is 0. The molecule has 0 aromatic heterocycles. The Hall–Kier alpha value is -2.18. The van der Waals surface area contributed by atoms with Gasteiger partial charge in [-0.2, -0.15) is 5.26 Å². The summed E-state index contributed by atoms with van der Waals surface area (Å²) in [4.78, 5) is 0. The number of aryl methyl sites for hydroxylation is 1. The van der Waals surface area contributed by atoms with Crippen LogP contribution in [0.4, 0.5) is 0 Å². The summed E-state index contributed by atoms with van der Waals surface area (Å²) in [6, 6.07) is 14.9. The molecule has 4 heteroatoms. The number of benzene rings is 2. The highest BCUT2D eigenvalue weighted by Crippen LogP contribution is 2.22. The molecule has 2 aromatic carbocycles. The fourth-order valence-electron chi connectivity index (χ4n) is 1.88. The molecule has 0 heterocycles. The van der Waals surface area contributed by atoms with E-state index in [-0.39, 0.29) is 0 Å². The van der Waals surface area contributed by atoms with Crippen LogP contribution >= 0.6 is 11.6 Å². The third kappa shape index (κ3) is 4.40. The zero-order valence-corrected chi connectivity index (χ0v) is 12.6. The van der Waals surface area contributed by atoms with E-state index in [4.69, 9.17) is 26.3 Å². The number of para-hydroxylation sites is 1. The molecule has 0 bridgehead atoms. The smallest absolute Gasteiger partial charge is 0.137 e. The fourth-order valence-corrected chi connectivity index (χ4v) is 2.11. The van der Waals surface area contributed by atoms with Crippen LogP contribution in [-0.2, 0) is 0 Å². The summed E-state index contributed by atoms with van der Waals surface area (Å²) in [5, 5.41) is 9.66. The topological polar surface area (TPSA) is 42.2 Å². The first-order valence-corrected chi connectivity index (χ1v) is 7.09. The van der Waals surface area contributed by atoms with Gasteiger partial charge in [0.2, 0.25) is 0 Å². The lowest BCUT2D eigenvalue weighted by atomic mass is 10.2. The highest BCUT2D eigenvalue weighted by Gasteiger charge is 2.02. The van der Waals surface area contributed by atoms with Crippen LogP contribution in [0.15, 0.2) is 42.5 Å². The second-order valence-corrected chi connectivity index (χ2v) is 5.00. The number of nitriles is 1. The van der Waals surface area contributed by atoms with Gasteiger partial charge in [0.15, 0.2) is 0 Å². The Bertz CT molecular complexity index is 649. The molecule has 2 aromatic rings. The largest absolute Gasteiger partial charge is 0.493 e. The Balaban J connectivity index is 1.76. The minimum absolute atomic E-state index is 0.505. The van der Waals surface area contributed by atoms with Crippen LogP contribution < -0.4 is 9.47 Å². The van der Waals surface area contributed by atoms with E-state index < -0.39 is 0 Å². The van der Waals surface area contributed by atoms with Crippen molar-refractivity contribution < 1.29 is 9.47 Å². The molecule has 0 unspecified atom stereocenters. The van der Waals surface area contributed by atoms with Gasteiger partial charge < -0.3 is 9.47 Å². The van der Waals surface area contributed by atoms with E-state index >= 15 is 0 Å². The summed E-state index contributed by atoms with van der Waals surface area (Å²) in [5.74, 6) is 1.44. The molecular formula is C17H16ClNO2. The lowest BCUT2D eigenvalue weighted by molar-refractivity contribution is 0.246. The zero-order valence-electron chi connectivity index (χ0n) is 11.8. The van der Waals surface area contributed by atoms with E-state index in [9.17, 15) is 0 Å². The second-order valence-electron chi connectivity index (χ2n) is 4.57. The van der Waals surface area contributed by atoms with Gasteiger partial charge in [0.1, 0.15) is 17.6 Å². The minimum Gasteiger partial charge on any atom is -0.493 e. The summed E-state index contributed by atoms with van der Waals surface area (Å²) in [6.07, 6.45) is 0.738. The monoisotopic (exact) mass is 301 g/mol. The Labute approximate surface area is 129 Å². The van der Waals surface area contributed by atoms with Crippen molar-refractivity contribution >= 4 is 11.6 Å². The lowest BCUT2D eigenvalue weighted by Crippen LogP contribution is -2.06. The number of halogens is 1. The van der Waals surface area contributed by atoms with Gasteiger partial charge in [-0.15, -0.1) is 0 Å². The van der Waals surface area contributed by atoms with Gasteiger partial charge in [-0.1, -0.05) is 23.7 Å². The van der Waals surface area contributed by atoms with E-state index in [2.05, 4.69) is 6.07 Å². The predicted molar refractivity (Wildman–Crippen MR) is 83.0 cm³/mol. The highest BCUT2D eigenvalue weighted by molar-refractivity contribution is 6.30. The van der Waals surface area contributed by atoms with Crippen molar-refractivity contribution in [3.8, 4) is 17.6 Å². The summed E-state index contributed by atoms with van der Waals surface area (Å²) in [7, 11) is 0. The number of rotatable bonds is 6. The normalized spacial score (nSPS) is 9.95. The molecule has 21 heavy (non-hydrogen) atoms. The molecule has 0 saturated carbocycles. The first-order valence-electron chi connectivity index (χ1n) is 6.71. The van der Waals surface area contributed by atoms with Crippen LogP contribution in [0.5, 0.6) is 11.5 Å². The van der Waals surface area contributed by atoms with Crippen molar-refractivity contribution in [1.82, 2.24) is 0 Å². The van der Waals surface area contributed by atoms with Gasteiger partial charge in [0.25, 0.3) is 0 Å². The van der Waals surface area contributed by atoms with Crippen molar-refractivity contribution in [2.45, 2.75) is 13.3 Å². The maximum absolute atomic E-state index is 8.96. The average Bonchev–Trinajstić information content (AvgIpc) is 2.49. The van der Waals surface area contributed by atoms with E-state index in [0.29, 0.717) is 29.5 Å². The van der Waals surface area contributed by atoms with E-state index in [0.717, 1.165) is 17.7 Å². The minimum atomic E-state index is 0.505. The molecule has 0 saturated heterocycles. The van der Waals surface area contributed by atoms with Gasteiger partial charge in [-0.3, -0.25) is 0 Å². The van der Waals surface area contributed by atoms with Crippen LogP contribution in [0.3, 0.4) is 0 Å². The van der Waals surface area contributed by atoms with Crippen molar-refractivity contribution in [3.63, 3.8) is 0 Å². The average molecular weight is 302 g/mol. The Morgan fingerprint density at radius 2 is 1.76 bits per heavy atom. The summed E-state index contributed by atoms with van der Waals surface area (Å²) in [6.45, 7) is 3.02. The third-order valence-corrected chi connectivity index (χ3v) is 3.18. The van der Waals surface area contributed by atoms with Gasteiger partial charge in [0.05, 0.1) is 18.8 Å². The van der Waals surface area contributed by atoms with Gasteiger partial charge in [-0.25, -0.2) is 0 Å². The molecule has 0 aliphatic heterocycles. The van der Waals surface area contributed by atoms with Crippen LogP contribution in [0.25, 0.3) is 0 Å². The molecular weight excluding hydrogens is 286 g/mol. The molecule has 2 rings (SSSR count). The van der Waals surface area contributed by atoms with Gasteiger partial charge in [-0.05, 0) is 42.8 Å². The molecule has 0 N–H and O–H groups in total. The van der Waals surface area contributed by atoms with Gasteiger partial charge >= 0.3 is 0 Å². The summed E-state index contributed by atoms with van der Waals surface area (Å²) >= 11 is 5.90. The summed E-state index contributed by atoms with van der Waals surface area (Å²) in [5.41, 5.74) is 1.56. The Kier molecular flexibility index (Phi) is 5.48. The number of hydrogen-bond acceptors (Lipinski definition) is 3. The Morgan fingerprint density at radius 1 is 1.05 bits per heavy atom. The quantitative estimate of drug-likeness (QED) is 0.744. The van der Waals surface area contributed by atoms with Crippen LogP contribution in [0.2, 0.25) is 5.02 Å². The Morgan fingerprint density at radius 3 is 2.48 bits per heavy atom. The van der Waals surface area contributed by atoms with Crippen LogP contribution in [-0.4, -0.2) is 13.2 Å². The maximum Gasteiger partial charge on any atom is 0.137 e.